The van der Waals surface area contributed by atoms with Gasteiger partial charge < -0.3 is 20.5 Å². The van der Waals surface area contributed by atoms with Crippen molar-refractivity contribution in [2.24, 2.45) is 5.92 Å². The van der Waals surface area contributed by atoms with Crippen LogP contribution in [0.25, 0.3) is 17.1 Å². The molecule has 4 heterocycles. The molecule has 2 aliphatic heterocycles. The van der Waals surface area contributed by atoms with Crippen molar-refractivity contribution in [3.05, 3.63) is 63.8 Å². The molecule has 184 valence electrons. The van der Waals surface area contributed by atoms with E-state index in [2.05, 4.69) is 21.1 Å². The lowest BCUT2D eigenvalue weighted by Crippen LogP contribution is -2.42. The van der Waals surface area contributed by atoms with Crippen molar-refractivity contribution in [3.8, 4) is 0 Å². The maximum absolute atomic E-state index is 12.6. The Morgan fingerprint density at radius 2 is 1.83 bits per heavy atom. The number of halogens is 2. The van der Waals surface area contributed by atoms with Gasteiger partial charge in [-0.3, -0.25) is 4.79 Å². The maximum atomic E-state index is 12.6. The number of H-pyrrole nitrogens is 1. The summed E-state index contributed by atoms with van der Waals surface area (Å²) in [5.74, 6) is 1.80. The molecule has 5 rings (SSSR count). The standard InChI is InChI=1S/C27H31Cl2N5O/c28-22-3-1-18(15-23(22)29)2-6-26(35)34-13-7-19(8-14-34)17-33-11-9-20(10-12-33)21-16-31-24-4-5-25(30)32-27(21)24/h1-6,15-16,19-20,31H,7-14,17H2,(H2,30,32)/b6-2+. The molecule has 0 saturated carbocycles. The monoisotopic (exact) mass is 511 g/mol. The summed E-state index contributed by atoms with van der Waals surface area (Å²) in [7, 11) is 0. The minimum absolute atomic E-state index is 0.0586. The van der Waals surface area contributed by atoms with Crippen LogP contribution in [-0.2, 0) is 4.79 Å². The number of carbonyl (C=O) groups excluding carboxylic acids is 1. The second-order valence-corrected chi connectivity index (χ2v) is 10.5. The number of benzene rings is 1. The summed E-state index contributed by atoms with van der Waals surface area (Å²) >= 11 is 12.0. The highest BCUT2D eigenvalue weighted by atomic mass is 35.5. The van der Waals surface area contributed by atoms with Crippen LogP contribution >= 0.6 is 23.2 Å². The zero-order valence-electron chi connectivity index (χ0n) is 19.7. The van der Waals surface area contributed by atoms with Crippen molar-refractivity contribution in [2.75, 3.05) is 38.5 Å². The van der Waals surface area contributed by atoms with Gasteiger partial charge in [-0.05, 0) is 92.1 Å². The maximum Gasteiger partial charge on any atom is 0.246 e. The Kier molecular flexibility index (Phi) is 7.32. The van der Waals surface area contributed by atoms with E-state index in [1.54, 1.807) is 24.3 Å². The number of hydrogen-bond donors (Lipinski definition) is 2. The second-order valence-electron chi connectivity index (χ2n) is 9.73. The summed E-state index contributed by atoms with van der Waals surface area (Å²) in [6, 6.07) is 9.23. The zero-order chi connectivity index (χ0) is 24.4. The van der Waals surface area contributed by atoms with E-state index in [0.717, 1.165) is 75.0 Å². The molecule has 0 aliphatic carbocycles. The SMILES string of the molecule is Nc1ccc2[nH]cc(C3CCN(CC4CCN(C(=O)/C=C/c5ccc(Cl)c(Cl)c5)CC4)CC3)c2n1. The van der Waals surface area contributed by atoms with Crippen molar-refractivity contribution in [3.63, 3.8) is 0 Å². The average molecular weight is 512 g/mol. The van der Waals surface area contributed by atoms with Gasteiger partial charge in [0.15, 0.2) is 0 Å². The molecular formula is C27H31Cl2N5O. The van der Waals surface area contributed by atoms with Crippen LogP contribution in [0.1, 0.15) is 42.7 Å². The number of carbonyl (C=O) groups is 1. The number of aromatic nitrogens is 2. The van der Waals surface area contributed by atoms with Crippen LogP contribution in [-0.4, -0.2) is 58.4 Å². The highest BCUT2D eigenvalue weighted by Crippen LogP contribution is 2.33. The molecule has 2 aromatic heterocycles. The van der Waals surface area contributed by atoms with E-state index in [9.17, 15) is 4.79 Å². The number of amides is 1. The summed E-state index contributed by atoms with van der Waals surface area (Å²) < 4.78 is 0. The molecule has 2 saturated heterocycles. The van der Waals surface area contributed by atoms with Gasteiger partial charge in [0.1, 0.15) is 5.82 Å². The van der Waals surface area contributed by atoms with Crippen molar-refractivity contribution < 1.29 is 4.79 Å². The Bertz CT molecular complexity index is 1220. The number of likely N-dealkylation sites (tertiary alicyclic amines) is 2. The molecule has 0 unspecified atom stereocenters. The molecule has 8 heteroatoms. The molecule has 3 aromatic rings. The van der Waals surface area contributed by atoms with Gasteiger partial charge in [0.2, 0.25) is 5.91 Å². The van der Waals surface area contributed by atoms with Gasteiger partial charge in [-0.15, -0.1) is 0 Å². The number of nitrogens with one attached hydrogen (secondary N) is 1. The first-order valence-electron chi connectivity index (χ1n) is 12.3. The van der Waals surface area contributed by atoms with Crippen molar-refractivity contribution in [1.82, 2.24) is 19.8 Å². The van der Waals surface area contributed by atoms with Gasteiger partial charge in [0.05, 0.1) is 21.1 Å². The summed E-state index contributed by atoms with van der Waals surface area (Å²) in [6.45, 7) is 4.95. The lowest BCUT2D eigenvalue weighted by atomic mass is 9.89. The topological polar surface area (TPSA) is 78.3 Å². The number of rotatable bonds is 5. The zero-order valence-corrected chi connectivity index (χ0v) is 21.2. The molecule has 0 spiro atoms. The first-order valence-corrected chi connectivity index (χ1v) is 13.1. The number of nitrogen functional groups attached to an aromatic ring is 1. The van der Waals surface area contributed by atoms with Crippen LogP contribution in [0.4, 0.5) is 5.82 Å². The number of anilines is 1. The summed E-state index contributed by atoms with van der Waals surface area (Å²) in [4.78, 5) is 25.1. The summed E-state index contributed by atoms with van der Waals surface area (Å²) in [6.07, 6.45) is 9.94. The van der Waals surface area contributed by atoms with Crippen LogP contribution in [0.3, 0.4) is 0 Å². The van der Waals surface area contributed by atoms with E-state index in [4.69, 9.17) is 28.9 Å². The number of nitrogens with zero attached hydrogens (tertiary/aromatic N) is 3. The highest BCUT2D eigenvalue weighted by molar-refractivity contribution is 6.42. The van der Waals surface area contributed by atoms with E-state index in [-0.39, 0.29) is 5.91 Å². The fourth-order valence-electron chi connectivity index (χ4n) is 5.36. The van der Waals surface area contributed by atoms with E-state index >= 15 is 0 Å². The third-order valence-electron chi connectivity index (χ3n) is 7.41. The molecule has 0 bridgehead atoms. The number of nitrogens with two attached hydrogens (primary N) is 1. The van der Waals surface area contributed by atoms with E-state index in [1.807, 2.05) is 23.1 Å². The number of aromatic amines is 1. The third-order valence-corrected chi connectivity index (χ3v) is 8.14. The largest absolute Gasteiger partial charge is 0.384 e. The summed E-state index contributed by atoms with van der Waals surface area (Å²) in [5.41, 5.74) is 10.2. The second kappa shape index (κ2) is 10.6. The van der Waals surface area contributed by atoms with Crippen LogP contribution < -0.4 is 5.73 Å². The number of piperidine rings is 2. The van der Waals surface area contributed by atoms with Gasteiger partial charge in [-0.2, -0.15) is 0 Å². The van der Waals surface area contributed by atoms with E-state index in [1.165, 1.54) is 5.56 Å². The van der Waals surface area contributed by atoms with Gasteiger partial charge >= 0.3 is 0 Å². The third kappa shape index (κ3) is 5.66. The number of pyridine rings is 1. The fourth-order valence-corrected chi connectivity index (χ4v) is 5.67. The smallest absolute Gasteiger partial charge is 0.246 e. The van der Waals surface area contributed by atoms with Gasteiger partial charge in [0, 0.05) is 31.9 Å². The number of hydrogen-bond acceptors (Lipinski definition) is 4. The van der Waals surface area contributed by atoms with Crippen LogP contribution in [0, 0.1) is 5.92 Å². The first kappa shape index (κ1) is 24.2. The van der Waals surface area contributed by atoms with Crippen molar-refractivity contribution in [1.29, 1.82) is 0 Å². The van der Waals surface area contributed by atoms with Crippen molar-refractivity contribution >= 4 is 52.0 Å². The minimum Gasteiger partial charge on any atom is -0.384 e. The average Bonchev–Trinajstić information content (AvgIpc) is 3.28. The van der Waals surface area contributed by atoms with Crippen LogP contribution in [0.2, 0.25) is 10.0 Å². The molecule has 1 aromatic carbocycles. The lowest BCUT2D eigenvalue weighted by Gasteiger charge is -2.37. The van der Waals surface area contributed by atoms with E-state index in [0.29, 0.717) is 27.7 Å². The Hall–Kier alpha value is -2.54. The van der Waals surface area contributed by atoms with Crippen molar-refractivity contribution in [2.45, 2.75) is 31.6 Å². The Morgan fingerprint density at radius 3 is 2.57 bits per heavy atom. The molecular weight excluding hydrogens is 481 g/mol. The lowest BCUT2D eigenvalue weighted by molar-refractivity contribution is -0.127. The van der Waals surface area contributed by atoms with Gasteiger partial charge in [-0.1, -0.05) is 29.3 Å². The van der Waals surface area contributed by atoms with Crippen LogP contribution in [0.5, 0.6) is 0 Å². The Balaban J connectivity index is 1.08. The quantitative estimate of drug-likeness (QED) is 0.438. The molecule has 1 amide bonds. The predicted molar refractivity (Wildman–Crippen MR) is 144 cm³/mol. The molecule has 0 radical (unpaired) electrons. The Labute approximate surface area is 216 Å². The van der Waals surface area contributed by atoms with E-state index < -0.39 is 0 Å². The number of fused-ring (bicyclic) bond motifs is 1. The molecule has 2 aliphatic rings. The molecule has 35 heavy (non-hydrogen) atoms. The molecule has 2 fully saturated rings. The molecule has 6 nitrogen and oxygen atoms in total. The van der Waals surface area contributed by atoms with Crippen LogP contribution in [0.15, 0.2) is 42.6 Å². The van der Waals surface area contributed by atoms with Gasteiger partial charge in [0.25, 0.3) is 0 Å². The highest BCUT2D eigenvalue weighted by Gasteiger charge is 2.27. The first-order chi connectivity index (χ1) is 17.0. The molecule has 0 atom stereocenters. The minimum atomic E-state index is 0.0586. The Morgan fingerprint density at radius 1 is 1.06 bits per heavy atom. The molecule has 3 N–H and O–H groups in total. The summed E-state index contributed by atoms with van der Waals surface area (Å²) in [5, 5.41) is 1.01. The normalized spacial score (nSPS) is 18.6. The fraction of sp³-hybridized carbons (Fsp3) is 0.407. The predicted octanol–water partition coefficient (Wildman–Crippen LogP) is 5.58. The van der Waals surface area contributed by atoms with Gasteiger partial charge in [-0.25, -0.2) is 4.98 Å².